The summed E-state index contributed by atoms with van der Waals surface area (Å²) in [6.45, 7) is 1.99. The maximum absolute atomic E-state index is 12.6. The first-order valence-electron chi connectivity index (χ1n) is 6.99. The van der Waals surface area contributed by atoms with E-state index in [2.05, 4.69) is 0 Å². The number of thiocarbonyl (C=S) groups is 1. The fraction of sp³-hybridized carbons (Fsp3) is 0.312. The lowest BCUT2D eigenvalue weighted by atomic mass is 10.1. The van der Waals surface area contributed by atoms with Crippen molar-refractivity contribution in [3.8, 4) is 0 Å². The molecule has 0 aromatic heterocycles. The number of rotatable bonds is 6. The highest BCUT2D eigenvalue weighted by Gasteiger charge is 2.40. The number of carbonyl (C=O) groups is 2. The van der Waals surface area contributed by atoms with Gasteiger partial charge in [0.1, 0.15) is 10.4 Å². The number of thioether (sulfide) groups is 2. The Kier molecular flexibility index (Phi) is 6.26. The van der Waals surface area contributed by atoms with Gasteiger partial charge in [-0.15, -0.1) is 0 Å². The third-order valence-corrected chi connectivity index (χ3v) is 5.37. The molecule has 0 bridgehead atoms. The second kappa shape index (κ2) is 7.99. The smallest absolute Gasteiger partial charge is 0.326 e. The van der Waals surface area contributed by atoms with Crippen LogP contribution < -0.4 is 0 Å². The highest BCUT2D eigenvalue weighted by Crippen LogP contribution is 2.34. The molecule has 122 valence electrons. The Morgan fingerprint density at radius 1 is 1.43 bits per heavy atom. The summed E-state index contributed by atoms with van der Waals surface area (Å²) in [7, 11) is 0. The van der Waals surface area contributed by atoms with Crippen LogP contribution in [0.4, 0.5) is 0 Å². The minimum atomic E-state index is -1.02. The van der Waals surface area contributed by atoms with E-state index in [1.54, 1.807) is 17.8 Å². The molecule has 0 aliphatic carbocycles. The maximum Gasteiger partial charge on any atom is 0.326 e. The van der Waals surface area contributed by atoms with Crippen molar-refractivity contribution in [3.05, 3.63) is 40.3 Å². The van der Waals surface area contributed by atoms with E-state index in [1.807, 2.05) is 37.4 Å². The average Bonchev–Trinajstić information content (AvgIpc) is 2.77. The molecular weight excluding hydrogens is 350 g/mol. The first-order valence-corrected chi connectivity index (χ1v) is 9.61. The highest BCUT2D eigenvalue weighted by molar-refractivity contribution is 8.26. The Morgan fingerprint density at radius 2 is 2.09 bits per heavy atom. The lowest BCUT2D eigenvalue weighted by molar-refractivity contribution is -0.145. The van der Waals surface area contributed by atoms with Crippen LogP contribution in [0.3, 0.4) is 0 Å². The van der Waals surface area contributed by atoms with Crippen molar-refractivity contribution in [2.75, 3.05) is 12.0 Å². The van der Waals surface area contributed by atoms with Gasteiger partial charge in [-0.2, -0.15) is 11.8 Å². The minimum absolute atomic E-state index is 0.307. The average molecular weight is 368 g/mol. The summed E-state index contributed by atoms with van der Waals surface area (Å²) in [6, 6.07) is 6.86. The van der Waals surface area contributed by atoms with Gasteiger partial charge in [-0.25, -0.2) is 4.79 Å². The topological polar surface area (TPSA) is 57.6 Å². The largest absolute Gasteiger partial charge is 0.480 e. The maximum atomic E-state index is 12.6. The monoisotopic (exact) mass is 367 g/mol. The van der Waals surface area contributed by atoms with Crippen molar-refractivity contribution in [1.82, 2.24) is 4.90 Å². The molecule has 0 unspecified atom stereocenters. The highest BCUT2D eigenvalue weighted by atomic mass is 32.2. The Morgan fingerprint density at radius 3 is 2.65 bits per heavy atom. The van der Waals surface area contributed by atoms with E-state index in [4.69, 9.17) is 12.2 Å². The van der Waals surface area contributed by atoms with Gasteiger partial charge in [0.2, 0.25) is 0 Å². The van der Waals surface area contributed by atoms with Gasteiger partial charge < -0.3 is 5.11 Å². The van der Waals surface area contributed by atoms with Gasteiger partial charge >= 0.3 is 5.97 Å². The predicted molar refractivity (Wildman–Crippen MR) is 101 cm³/mol. The van der Waals surface area contributed by atoms with Crippen molar-refractivity contribution >= 4 is 58.0 Å². The van der Waals surface area contributed by atoms with Gasteiger partial charge in [0, 0.05) is 0 Å². The summed E-state index contributed by atoms with van der Waals surface area (Å²) in [5.41, 5.74) is 2.03. The number of hydrogen-bond donors (Lipinski definition) is 1. The number of aliphatic carboxylic acids is 1. The van der Waals surface area contributed by atoms with Crippen LogP contribution in [-0.4, -0.2) is 44.3 Å². The molecule has 7 heteroatoms. The number of aryl methyl sites for hydroxylation is 1. The fourth-order valence-corrected chi connectivity index (χ4v) is 3.97. The van der Waals surface area contributed by atoms with Gasteiger partial charge in [0.25, 0.3) is 5.91 Å². The second-order valence-corrected chi connectivity index (χ2v) is 7.76. The molecule has 1 amide bonds. The van der Waals surface area contributed by atoms with E-state index < -0.39 is 12.0 Å². The Balaban J connectivity index is 2.24. The zero-order valence-electron chi connectivity index (χ0n) is 12.8. The molecule has 1 saturated heterocycles. The molecule has 0 saturated carbocycles. The molecule has 1 N–H and O–H groups in total. The molecule has 0 radical (unpaired) electrons. The van der Waals surface area contributed by atoms with Crippen molar-refractivity contribution in [2.45, 2.75) is 19.4 Å². The molecule has 1 aromatic carbocycles. The van der Waals surface area contributed by atoms with Gasteiger partial charge in [0.05, 0.1) is 4.91 Å². The minimum Gasteiger partial charge on any atom is -0.480 e. The van der Waals surface area contributed by atoms with Crippen molar-refractivity contribution in [1.29, 1.82) is 0 Å². The molecule has 1 fully saturated rings. The second-order valence-electron chi connectivity index (χ2n) is 5.10. The summed E-state index contributed by atoms with van der Waals surface area (Å²) in [5, 5.41) is 9.41. The molecule has 0 spiro atoms. The van der Waals surface area contributed by atoms with Crippen LogP contribution in [0.5, 0.6) is 0 Å². The Hall–Kier alpha value is -1.31. The van der Waals surface area contributed by atoms with E-state index in [9.17, 15) is 14.7 Å². The zero-order valence-corrected chi connectivity index (χ0v) is 15.3. The van der Waals surface area contributed by atoms with Crippen LogP contribution in [0.1, 0.15) is 17.5 Å². The molecule has 4 nitrogen and oxygen atoms in total. The Bertz CT molecular complexity index is 655. The van der Waals surface area contributed by atoms with Crippen LogP contribution in [0.2, 0.25) is 0 Å². The van der Waals surface area contributed by atoms with Crippen LogP contribution in [-0.2, 0) is 9.59 Å². The lowest BCUT2D eigenvalue weighted by Crippen LogP contribution is -2.44. The molecular formula is C16H17NO3S3. The molecule has 1 heterocycles. The summed E-state index contributed by atoms with van der Waals surface area (Å²) in [4.78, 5) is 25.8. The standard InChI is InChI=1S/C16H17NO3S3/c1-10-3-5-11(6-4-10)9-13-14(18)17(16(21)23-13)12(15(19)20)7-8-22-2/h3-6,9,12H,7-8H2,1-2H3,(H,19,20)/b13-9-/t12-/m0/s1. The van der Waals surface area contributed by atoms with E-state index in [1.165, 1.54) is 4.90 Å². The predicted octanol–water partition coefficient (Wildman–Crippen LogP) is 3.40. The molecule has 1 atom stereocenters. The number of amides is 1. The van der Waals surface area contributed by atoms with Gasteiger partial charge in [0.15, 0.2) is 0 Å². The number of hydrogen-bond acceptors (Lipinski definition) is 5. The zero-order chi connectivity index (χ0) is 17.0. The van der Waals surface area contributed by atoms with E-state index >= 15 is 0 Å². The third-order valence-electron chi connectivity index (χ3n) is 3.39. The van der Waals surface area contributed by atoms with Gasteiger partial charge in [-0.3, -0.25) is 9.69 Å². The number of nitrogens with zero attached hydrogens (tertiary/aromatic N) is 1. The first kappa shape index (κ1) is 18.0. The number of benzene rings is 1. The summed E-state index contributed by atoms with van der Waals surface area (Å²) < 4.78 is 0.307. The summed E-state index contributed by atoms with van der Waals surface area (Å²) in [5.74, 6) is -0.689. The fourth-order valence-electron chi connectivity index (χ4n) is 2.16. The van der Waals surface area contributed by atoms with Gasteiger partial charge in [-0.1, -0.05) is 53.8 Å². The van der Waals surface area contributed by atoms with E-state index in [-0.39, 0.29) is 5.91 Å². The van der Waals surface area contributed by atoms with Crippen LogP contribution >= 0.6 is 35.7 Å². The van der Waals surface area contributed by atoms with Crippen molar-refractivity contribution in [3.63, 3.8) is 0 Å². The SMILES string of the molecule is CSCC[C@@H](C(=O)O)N1C(=O)/C(=C/c2ccc(C)cc2)SC1=S. The number of carboxylic acids is 1. The Labute approximate surface area is 149 Å². The number of carboxylic acid groups (broad SMARTS) is 1. The first-order chi connectivity index (χ1) is 10.9. The van der Waals surface area contributed by atoms with Crippen molar-refractivity contribution < 1.29 is 14.7 Å². The molecule has 1 aliphatic rings. The molecule has 1 aliphatic heterocycles. The van der Waals surface area contributed by atoms with E-state index in [0.717, 1.165) is 22.9 Å². The number of carbonyl (C=O) groups excluding carboxylic acids is 1. The summed E-state index contributed by atoms with van der Waals surface area (Å²) >= 11 is 7.94. The van der Waals surface area contributed by atoms with Gasteiger partial charge in [-0.05, 0) is 37.0 Å². The van der Waals surface area contributed by atoms with Crippen LogP contribution in [0, 0.1) is 6.92 Å². The molecule has 1 aromatic rings. The molecule has 23 heavy (non-hydrogen) atoms. The normalized spacial score (nSPS) is 17.8. The lowest BCUT2D eigenvalue weighted by Gasteiger charge is -2.22. The molecule has 2 rings (SSSR count). The van der Waals surface area contributed by atoms with Crippen LogP contribution in [0.25, 0.3) is 6.08 Å². The summed E-state index contributed by atoms with van der Waals surface area (Å²) in [6.07, 6.45) is 4.04. The quantitative estimate of drug-likeness (QED) is 0.614. The third kappa shape index (κ3) is 4.37. The van der Waals surface area contributed by atoms with Crippen LogP contribution in [0.15, 0.2) is 29.2 Å². The van der Waals surface area contributed by atoms with E-state index in [0.29, 0.717) is 21.4 Å². The van der Waals surface area contributed by atoms with Crippen molar-refractivity contribution in [2.24, 2.45) is 0 Å².